The van der Waals surface area contributed by atoms with Crippen LogP contribution in [0, 0.1) is 6.92 Å². The van der Waals surface area contributed by atoms with Gasteiger partial charge in [-0.1, -0.05) is 0 Å². The smallest absolute Gasteiger partial charge is 0.410 e. The third kappa shape index (κ3) is 4.62. The van der Waals surface area contributed by atoms with Gasteiger partial charge in [0.15, 0.2) is 0 Å². The first-order valence-electron chi connectivity index (χ1n) is 7.40. The van der Waals surface area contributed by atoms with Crippen molar-refractivity contribution in [3.8, 4) is 5.75 Å². The molecule has 1 fully saturated rings. The van der Waals surface area contributed by atoms with Crippen molar-refractivity contribution in [2.24, 2.45) is 0 Å². The second kappa shape index (κ2) is 6.33. The zero-order valence-corrected chi connectivity index (χ0v) is 13.3. The Labute approximate surface area is 126 Å². The van der Waals surface area contributed by atoms with Gasteiger partial charge in [0.2, 0.25) is 0 Å². The minimum atomic E-state index is -0.466. The molecule has 0 radical (unpaired) electrons. The van der Waals surface area contributed by atoms with Crippen LogP contribution in [0.25, 0.3) is 0 Å². The molecule has 1 atom stereocenters. The van der Waals surface area contributed by atoms with Crippen molar-refractivity contribution in [3.63, 3.8) is 0 Å². The van der Waals surface area contributed by atoms with Crippen LogP contribution in [0.5, 0.6) is 5.75 Å². The van der Waals surface area contributed by atoms with E-state index in [9.17, 15) is 4.79 Å². The molecular weight excluding hydrogens is 268 g/mol. The highest BCUT2D eigenvalue weighted by Gasteiger charge is 2.32. The van der Waals surface area contributed by atoms with Gasteiger partial charge in [0.1, 0.15) is 18.0 Å². The summed E-state index contributed by atoms with van der Waals surface area (Å²) in [6.07, 6.45) is 3.38. The van der Waals surface area contributed by atoms with Gasteiger partial charge < -0.3 is 14.4 Å². The van der Waals surface area contributed by atoms with Crippen molar-refractivity contribution in [2.75, 3.05) is 13.2 Å². The molecule has 1 aliphatic heterocycles. The van der Waals surface area contributed by atoms with Crippen LogP contribution in [0.2, 0.25) is 0 Å². The largest absolute Gasteiger partial charge is 0.490 e. The molecule has 1 saturated heterocycles. The molecule has 0 unspecified atom stereocenters. The van der Waals surface area contributed by atoms with Crippen LogP contribution in [0.3, 0.4) is 0 Å². The van der Waals surface area contributed by atoms with Gasteiger partial charge in [-0.2, -0.15) is 0 Å². The molecule has 0 spiro atoms. The lowest BCUT2D eigenvalue weighted by Gasteiger charge is -2.28. The first kappa shape index (κ1) is 15.6. The normalized spacial score (nSPS) is 18.7. The fourth-order valence-electron chi connectivity index (χ4n) is 2.30. The van der Waals surface area contributed by atoms with Crippen molar-refractivity contribution in [1.29, 1.82) is 0 Å². The Morgan fingerprint density at radius 1 is 1.43 bits per heavy atom. The molecule has 5 nitrogen and oxygen atoms in total. The highest BCUT2D eigenvalue weighted by molar-refractivity contribution is 5.69. The van der Waals surface area contributed by atoms with Gasteiger partial charge in [-0.25, -0.2) is 4.79 Å². The number of nitrogens with zero attached hydrogens (tertiary/aromatic N) is 2. The minimum Gasteiger partial charge on any atom is -0.490 e. The van der Waals surface area contributed by atoms with Crippen LogP contribution in [0.4, 0.5) is 4.79 Å². The molecule has 21 heavy (non-hydrogen) atoms. The monoisotopic (exact) mass is 292 g/mol. The van der Waals surface area contributed by atoms with E-state index >= 15 is 0 Å². The Balaban J connectivity index is 1.90. The molecular formula is C16H24N2O3. The molecule has 1 amide bonds. The Kier molecular flexibility index (Phi) is 4.70. The topological polar surface area (TPSA) is 51.7 Å². The third-order valence-electron chi connectivity index (χ3n) is 3.33. The number of rotatable bonds is 3. The standard InChI is InChI=1S/C16H24N2O3/c1-12-7-8-14(10-17-12)20-11-13-6-5-9-18(13)15(19)21-16(2,3)4/h7-8,10,13H,5-6,9,11H2,1-4H3/t13-/m1/s1. The van der Waals surface area contributed by atoms with Gasteiger partial charge in [0, 0.05) is 12.2 Å². The lowest BCUT2D eigenvalue weighted by molar-refractivity contribution is 0.0187. The van der Waals surface area contributed by atoms with E-state index in [0.717, 1.165) is 30.8 Å². The van der Waals surface area contributed by atoms with E-state index < -0.39 is 5.60 Å². The van der Waals surface area contributed by atoms with Crippen LogP contribution >= 0.6 is 0 Å². The van der Waals surface area contributed by atoms with Crippen LogP contribution in [0.1, 0.15) is 39.3 Å². The number of pyridine rings is 1. The van der Waals surface area contributed by atoms with E-state index in [-0.39, 0.29) is 12.1 Å². The quantitative estimate of drug-likeness (QED) is 0.858. The molecule has 116 valence electrons. The van der Waals surface area contributed by atoms with Crippen LogP contribution in [-0.2, 0) is 4.74 Å². The van der Waals surface area contributed by atoms with Gasteiger partial charge in [-0.3, -0.25) is 4.98 Å². The summed E-state index contributed by atoms with van der Waals surface area (Å²) >= 11 is 0. The molecule has 2 rings (SSSR count). The van der Waals surface area contributed by atoms with Gasteiger partial charge >= 0.3 is 6.09 Å². The summed E-state index contributed by atoms with van der Waals surface area (Å²) in [6, 6.07) is 3.88. The maximum Gasteiger partial charge on any atom is 0.410 e. The molecule has 0 N–H and O–H groups in total. The van der Waals surface area contributed by atoms with E-state index in [4.69, 9.17) is 9.47 Å². The van der Waals surface area contributed by atoms with Crippen molar-refractivity contribution in [2.45, 2.75) is 52.2 Å². The van der Waals surface area contributed by atoms with E-state index in [0.29, 0.717) is 6.61 Å². The molecule has 0 aromatic carbocycles. The van der Waals surface area contributed by atoms with E-state index in [1.165, 1.54) is 0 Å². The lowest BCUT2D eigenvalue weighted by Crippen LogP contribution is -2.42. The Morgan fingerprint density at radius 2 is 2.19 bits per heavy atom. The van der Waals surface area contributed by atoms with E-state index in [1.807, 2.05) is 39.8 Å². The first-order chi connectivity index (χ1) is 9.85. The molecule has 1 aliphatic rings. The molecule has 0 saturated carbocycles. The van der Waals surface area contributed by atoms with Crippen molar-refractivity contribution >= 4 is 6.09 Å². The number of ether oxygens (including phenoxy) is 2. The second-order valence-corrected chi connectivity index (χ2v) is 6.42. The Hall–Kier alpha value is -1.78. The highest BCUT2D eigenvalue weighted by Crippen LogP contribution is 2.22. The maximum atomic E-state index is 12.2. The average Bonchev–Trinajstić information content (AvgIpc) is 2.84. The molecule has 1 aromatic heterocycles. The second-order valence-electron chi connectivity index (χ2n) is 6.42. The Bertz CT molecular complexity index is 479. The van der Waals surface area contributed by atoms with Crippen LogP contribution in [0.15, 0.2) is 18.3 Å². The van der Waals surface area contributed by atoms with Crippen molar-refractivity contribution in [3.05, 3.63) is 24.0 Å². The Morgan fingerprint density at radius 3 is 2.81 bits per heavy atom. The first-order valence-corrected chi connectivity index (χ1v) is 7.40. The predicted octanol–water partition coefficient (Wildman–Crippen LogP) is 3.17. The summed E-state index contributed by atoms with van der Waals surface area (Å²) in [7, 11) is 0. The van der Waals surface area contributed by atoms with Crippen LogP contribution in [-0.4, -0.2) is 40.8 Å². The van der Waals surface area contributed by atoms with Gasteiger partial charge in [0.25, 0.3) is 0 Å². The van der Waals surface area contributed by atoms with E-state index in [2.05, 4.69) is 4.98 Å². The number of aryl methyl sites for hydroxylation is 1. The molecule has 2 heterocycles. The maximum absolute atomic E-state index is 12.2. The summed E-state index contributed by atoms with van der Waals surface area (Å²) < 4.78 is 11.2. The van der Waals surface area contributed by atoms with Gasteiger partial charge in [-0.05, 0) is 52.7 Å². The number of carbonyl (C=O) groups excluding carboxylic acids is 1. The predicted molar refractivity (Wildman–Crippen MR) is 80.4 cm³/mol. The van der Waals surface area contributed by atoms with Crippen molar-refractivity contribution < 1.29 is 14.3 Å². The third-order valence-corrected chi connectivity index (χ3v) is 3.33. The highest BCUT2D eigenvalue weighted by atomic mass is 16.6. The molecule has 5 heteroatoms. The van der Waals surface area contributed by atoms with E-state index in [1.54, 1.807) is 11.1 Å². The van der Waals surface area contributed by atoms with Crippen LogP contribution < -0.4 is 4.74 Å². The fourth-order valence-corrected chi connectivity index (χ4v) is 2.30. The minimum absolute atomic E-state index is 0.0705. The van der Waals surface area contributed by atoms with Gasteiger partial charge in [0.05, 0.1) is 12.2 Å². The summed E-state index contributed by atoms with van der Waals surface area (Å²) in [4.78, 5) is 18.1. The summed E-state index contributed by atoms with van der Waals surface area (Å²) in [6.45, 7) is 8.78. The lowest BCUT2D eigenvalue weighted by atomic mass is 10.2. The van der Waals surface area contributed by atoms with Gasteiger partial charge in [-0.15, -0.1) is 0 Å². The summed E-state index contributed by atoms with van der Waals surface area (Å²) in [5.41, 5.74) is 0.491. The SMILES string of the molecule is Cc1ccc(OC[C@H]2CCCN2C(=O)OC(C)(C)C)cn1. The number of likely N-dealkylation sites (tertiary alicyclic amines) is 1. The number of amides is 1. The zero-order valence-electron chi connectivity index (χ0n) is 13.3. The number of aromatic nitrogens is 1. The molecule has 0 bridgehead atoms. The number of hydrogen-bond acceptors (Lipinski definition) is 4. The average molecular weight is 292 g/mol. The summed E-state index contributed by atoms with van der Waals surface area (Å²) in [5, 5.41) is 0. The number of carbonyl (C=O) groups is 1. The zero-order chi connectivity index (χ0) is 15.5. The van der Waals surface area contributed by atoms with Crippen molar-refractivity contribution in [1.82, 2.24) is 9.88 Å². The fraction of sp³-hybridized carbons (Fsp3) is 0.625. The molecule has 0 aliphatic carbocycles. The summed E-state index contributed by atoms with van der Waals surface area (Å²) in [5.74, 6) is 0.733. The molecule has 1 aromatic rings. The number of hydrogen-bond donors (Lipinski definition) is 0.